The molecule has 2 nitrogen and oxygen atoms in total. The molecule has 0 amide bonds. The fourth-order valence-corrected chi connectivity index (χ4v) is 0.645. The lowest BCUT2D eigenvalue weighted by atomic mass is 10.4. The maximum absolute atomic E-state index is 4.95. The highest BCUT2D eigenvalue weighted by molar-refractivity contribution is 5.11. The van der Waals surface area contributed by atoms with Gasteiger partial charge in [-0.1, -0.05) is 0 Å². The number of rotatable bonds is 1. The lowest BCUT2D eigenvalue weighted by molar-refractivity contribution is -0.579. The minimum atomic E-state index is 0.965. The number of ether oxygens (including phenoxy) is 1. The molecule has 1 aliphatic heterocycles. The summed E-state index contributed by atoms with van der Waals surface area (Å²) in [5.74, 6) is 0.965. The second-order valence-electron chi connectivity index (χ2n) is 1.64. The molecule has 2 N–H and O–H groups in total. The van der Waals surface area contributed by atoms with Crippen LogP contribution in [0.4, 0.5) is 0 Å². The Morgan fingerprint density at radius 2 is 2.62 bits per heavy atom. The van der Waals surface area contributed by atoms with E-state index in [2.05, 4.69) is 5.32 Å². The molecule has 0 aromatic carbocycles. The van der Waals surface area contributed by atoms with Crippen molar-refractivity contribution in [3.05, 3.63) is 24.1 Å². The van der Waals surface area contributed by atoms with Crippen molar-refractivity contribution in [2.24, 2.45) is 0 Å². The third kappa shape index (κ3) is 1.10. The molecule has 1 heterocycles. The van der Waals surface area contributed by atoms with Gasteiger partial charge in [-0.2, -0.15) is 0 Å². The van der Waals surface area contributed by atoms with E-state index in [9.17, 15) is 0 Å². The molecule has 0 radical (unpaired) electrons. The molecule has 0 aromatic heterocycles. The highest BCUT2D eigenvalue weighted by Crippen LogP contribution is 1.95. The van der Waals surface area contributed by atoms with Crippen LogP contribution >= 0.6 is 0 Å². The van der Waals surface area contributed by atoms with Crippen molar-refractivity contribution < 1.29 is 10.1 Å². The first-order chi connectivity index (χ1) is 3.93. The fraction of sp³-hybridized carbons (Fsp3) is 0.333. The first-order valence-electron chi connectivity index (χ1n) is 2.67. The van der Waals surface area contributed by atoms with Gasteiger partial charge in [0, 0.05) is 12.2 Å². The lowest BCUT2D eigenvalue weighted by Crippen LogP contribution is -2.78. The summed E-state index contributed by atoms with van der Waals surface area (Å²) >= 11 is 0. The minimum Gasteiger partial charge on any atom is -0.497 e. The Bertz CT molecular complexity index is 126. The van der Waals surface area contributed by atoms with Crippen LogP contribution in [0.25, 0.3) is 0 Å². The summed E-state index contributed by atoms with van der Waals surface area (Å²) in [7, 11) is 1.68. The molecular weight excluding hydrogens is 102 g/mol. The summed E-state index contributed by atoms with van der Waals surface area (Å²) in [6.45, 7) is 1.000. The largest absolute Gasteiger partial charge is 0.497 e. The Labute approximate surface area is 48.8 Å². The number of hydrogen-bond donors (Lipinski definition) is 1. The third-order valence-electron chi connectivity index (χ3n) is 1.09. The van der Waals surface area contributed by atoms with Crippen molar-refractivity contribution in [2.75, 3.05) is 13.7 Å². The molecule has 0 saturated heterocycles. The molecular formula is C6H10NO+. The van der Waals surface area contributed by atoms with Crippen LogP contribution in [0.3, 0.4) is 0 Å². The van der Waals surface area contributed by atoms with Crippen LogP contribution in [-0.2, 0) is 4.74 Å². The highest BCUT2D eigenvalue weighted by Gasteiger charge is 1.94. The van der Waals surface area contributed by atoms with Gasteiger partial charge in [0.2, 0.25) is 0 Å². The molecule has 1 aliphatic rings. The standard InChI is InChI=1S/C6H9NO/c1-8-6-2-4-7-5-3-6/h2-4,7H,5H2,1H3/p+1. The maximum Gasteiger partial charge on any atom is 0.125 e. The summed E-state index contributed by atoms with van der Waals surface area (Å²) in [6.07, 6.45) is 5.99. The van der Waals surface area contributed by atoms with Gasteiger partial charge in [-0.15, -0.1) is 0 Å². The van der Waals surface area contributed by atoms with E-state index >= 15 is 0 Å². The number of quaternary nitrogens is 1. The lowest BCUT2D eigenvalue weighted by Gasteiger charge is -2.01. The smallest absolute Gasteiger partial charge is 0.125 e. The molecule has 0 aromatic rings. The minimum absolute atomic E-state index is 0.965. The molecule has 0 atom stereocenters. The van der Waals surface area contributed by atoms with E-state index in [4.69, 9.17) is 4.74 Å². The number of allylic oxidation sites excluding steroid dienone is 1. The molecule has 0 fully saturated rings. The predicted octanol–water partition coefficient (Wildman–Crippen LogP) is -0.393. The Hall–Kier alpha value is -0.760. The van der Waals surface area contributed by atoms with E-state index in [0.29, 0.717) is 0 Å². The second kappa shape index (κ2) is 2.52. The van der Waals surface area contributed by atoms with Crippen molar-refractivity contribution in [3.63, 3.8) is 0 Å². The van der Waals surface area contributed by atoms with E-state index in [1.54, 1.807) is 7.11 Å². The van der Waals surface area contributed by atoms with Crippen molar-refractivity contribution >= 4 is 0 Å². The summed E-state index contributed by atoms with van der Waals surface area (Å²) in [6, 6.07) is 0. The number of nitrogens with two attached hydrogens (primary N) is 1. The summed E-state index contributed by atoms with van der Waals surface area (Å²) in [4.78, 5) is 0. The van der Waals surface area contributed by atoms with Crippen molar-refractivity contribution in [3.8, 4) is 0 Å². The molecule has 8 heavy (non-hydrogen) atoms. The normalized spacial score (nSPS) is 17.9. The van der Waals surface area contributed by atoms with Crippen LogP contribution in [0.15, 0.2) is 24.1 Å². The molecule has 0 saturated carbocycles. The van der Waals surface area contributed by atoms with Gasteiger partial charge in [0.1, 0.15) is 12.3 Å². The van der Waals surface area contributed by atoms with Crippen LogP contribution < -0.4 is 5.32 Å². The quantitative estimate of drug-likeness (QED) is 0.491. The van der Waals surface area contributed by atoms with Crippen LogP contribution in [-0.4, -0.2) is 13.7 Å². The molecule has 44 valence electrons. The van der Waals surface area contributed by atoms with Crippen LogP contribution in [0.2, 0.25) is 0 Å². The van der Waals surface area contributed by atoms with Crippen molar-refractivity contribution in [2.45, 2.75) is 0 Å². The first kappa shape index (κ1) is 5.38. The first-order valence-corrected chi connectivity index (χ1v) is 2.67. The third-order valence-corrected chi connectivity index (χ3v) is 1.09. The molecule has 1 rings (SSSR count). The van der Waals surface area contributed by atoms with Crippen molar-refractivity contribution in [1.82, 2.24) is 0 Å². The van der Waals surface area contributed by atoms with E-state index in [-0.39, 0.29) is 0 Å². The summed E-state index contributed by atoms with van der Waals surface area (Å²) < 4.78 is 4.95. The Morgan fingerprint density at radius 3 is 3.00 bits per heavy atom. The van der Waals surface area contributed by atoms with Crippen LogP contribution in [0.5, 0.6) is 0 Å². The highest BCUT2D eigenvalue weighted by atomic mass is 16.5. The number of methoxy groups -OCH3 is 1. The van der Waals surface area contributed by atoms with Gasteiger partial charge in [-0.25, -0.2) is 0 Å². The molecule has 0 unspecified atom stereocenters. The Morgan fingerprint density at radius 1 is 1.75 bits per heavy atom. The van der Waals surface area contributed by atoms with Gasteiger partial charge in [0.15, 0.2) is 0 Å². The van der Waals surface area contributed by atoms with E-state index in [0.717, 1.165) is 12.3 Å². The topological polar surface area (TPSA) is 25.8 Å². The second-order valence-corrected chi connectivity index (χ2v) is 1.64. The molecule has 0 bridgehead atoms. The summed E-state index contributed by atoms with van der Waals surface area (Å²) in [5, 5.41) is 2.09. The van der Waals surface area contributed by atoms with E-state index < -0.39 is 0 Å². The zero-order valence-corrected chi connectivity index (χ0v) is 4.92. The monoisotopic (exact) mass is 112 g/mol. The van der Waals surface area contributed by atoms with Crippen LogP contribution in [0, 0.1) is 0 Å². The van der Waals surface area contributed by atoms with Gasteiger partial charge in [0.05, 0.1) is 13.3 Å². The SMILES string of the molecule is COC1=CC[NH2+]C=C1. The Balaban J connectivity index is 2.51. The molecule has 0 aliphatic carbocycles. The maximum atomic E-state index is 4.95. The van der Waals surface area contributed by atoms with Crippen LogP contribution in [0.1, 0.15) is 0 Å². The van der Waals surface area contributed by atoms with E-state index in [1.807, 2.05) is 18.4 Å². The van der Waals surface area contributed by atoms with Gasteiger partial charge in [-0.05, 0) is 0 Å². The number of hydrogen-bond acceptors (Lipinski definition) is 1. The summed E-state index contributed by atoms with van der Waals surface area (Å²) in [5.41, 5.74) is 0. The van der Waals surface area contributed by atoms with Gasteiger partial charge < -0.3 is 10.1 Å². The zero-order valence-electron chi connectivity index (χ0n) is 4.92. The Kier molecular flexibility index (Phi) is 1.70. The van der Waals surface area contributed by atoms with Gasteiger partial charge in [0.25, 0.3) is 0 Å². The average Bonchev–Trinajstić information content (AvgIpc) is 1.90. The van der Waals surface area contributed by atoms with Crippen molar-refractivity contribution in [1.29, 1.82) is 0 Å². The fourth-order valence-electron chi connectivity index (χ4n) is 0.645. The zero-order chi connectivity index (χ0) is 5.82. The molecule has 2 heteroatoms. The molecule has 0 spiro atoms. The van der Waals surface area contributed by atoms with Gasteiger partial charge >= 0.3 is 0 Å². The van der Waals surface area contributed by atoms with E-state index in [1.165, 1.54) is 0 Å². The predicted molar refractivity (Wildman–Crippen MR) is 31.0 cm³/mol. The average molecular weight is 112 g/mol. The van der Waals surface area contributed by atoms with Gasteiger partial charge in [-0.3, -0.25) is 0 Å².